The van der Waals surface area contributed by atoms with E-state index in [1.807, 2.05) is 20.8 Å². The number of halogens is 2. The van der Waals surface area contributed by atoms with E-state index in [-0.39, 0.29) is 24.4 Å². The van der Waals surface area contributed by atoms with Crippen molar-refractivity contribution < 1.29 is 9.59 Å². The van der Waals surface area contributed by atoms with Gasteiger partial charge in [-0.3, -0.25) is 9.59 Å². The van der Waals surface area contributed by atoms with Gasteiger partial charge in [-0.1, -0.05) is 81.2 Å². The smallest absolute Gasteiger partial charge is 0.243 e. The predicted octanol–water partition coefficient (Wildman–Crippen LogP) is 6.77. The normalized spacial score (nSPS) is 13.0. The number of hydrogen-bond donors (Lipinski definition) is 1. The molecule has 0 fully saturated rings. The van der Waals surface area contributed by atoms with Crippen molar-refractivity contribution in [2.45, 2.75) is 84.8 Å². The molecule has 0 saturated carbocycles. The summed E-state index contributed by atoms with van der Waals surface area (Å²) in [5.74, 6) is 0.223. The van der Waals surface area contributed by atoms with E-state index >= 15 is 0 Å². The quantitative estimate of drug-likeness (QED) is 0.377. The van der Waals surface area contributed by atoms with E-state index < -0.39 is 6.04 Å². The maximum atomic E-state index is 13.4. The second-order valence-corrected chi connectivity index (χ2v) is 9.67. The minimum Gasteiger partial charge on any atom is -0.352 e. The largest absolute Gasteiger partial charge is 0.352 e. The molecule has 0 aliphatic rings. The average Bonchev–Trinajstić information content (AvgIpc) is 2.79. The van der Waals surface area contributed by atoms with Gasteiger partial charge in [0.25, 0.3) is 0 Å². The van der Waals surface area contributed by atoms with Gasteiger partial charge in [0, 0.05) is 34.6 Å². The van der Waals surface area contributed by atoms with Crippen LogP contribution in [0.5, 0.6) is 0 Å². The molecule has 4 nitrogen and oxygen atoms in total. The zero-order valence-corrected chi connectivity index (χ0v) is 21.8. The second-order valence-electron chi connectivity index (χ2n) is 8.86. The van der Waals surface area contributed by atoms with Crippen molar-refractivity contribution in [3.8, 4) is 0 Å². The van der Waals surface area contributed by atoms with Crippen LogP contribution in [0, 0.1) is 0 Å². The molecule has 0 unspecified atom stereocenters. The van der Waals surface area contributed by atoms with Gasteiger partial charge in [-0.25, -0.2) is 0 Å². The molecule has 0 heterocycles. The molecule has 2 aromatic rings. The molecule has 0 aliphatic carbocycles. The minimum absolute atomic E-state index is 0.0341. The van der Waals surface area contributed by atoms with Crippen molar-refractivity contribution in [3.63, 3.8) is 0 Å². The summed E-state index contributed by atoms with van der Waals surface area (Å²) in [5.41, 5.74) is 3.03. The fourth-order valence-corrected chi connectivity index (χ4v) is 4.20. The summed E-state index contributed by atoms with van der Waals surface area (Å²) >= 11 is 12.8. The third kappa shape index (κ3) is 7.75. The molecule has 2 amide bonds. The summed E-state index contributed by atoms with van der Waals surface area (Å²) < 4.78 is 0. The minimum atomic E-state index is -0.595. The molecule has 33 heavy (non-hydrogen) atoms. The van der Waals surface area contributed by atoms with E-state index in [4.69, 9.17) is 23.2 Å². The van der Waals surface area contributed by atoms with Gasteiger partial charge in [-0.15, -0.1) is 0 Å². The lowest BCUT2D eigenvalue weighted by Crippen LogP contribution is -2.50. The molecule has 2 aromatic carbocycles. The van der Waals surface area contributed by atoms with Crippen LogP contribution in [0.1, 0.15) is 76.5 Å². The van der Waals surface area contributed by atoms with Gasteiger partial charge in [0.2, 0.25) is 11.8 Å². The number of amides is 2. The highest BCUT2D eigenvalue weighted by molar-refractivity contribution is 6.36. The second kappa shape index (κ2) is 13.0. The molecule has 0 aromatic heterocycles. The van der Waals surface area contributed by atoms with Gasteiger partial charge in [0.1, 0.15) is 6.04 Å². The van der Waals surface area contributed by atoms with Crippen LogP contribution in [0.25, 0.3) is 0 Å². The van der Waals surface area contributed by atoms with Crippen molar-refractivity contribution in [1.82, 2.24) is 10.2 Å². The first-order valence-electron chi connectivity index (χ1n) is 11.8. The summed E-state index contributed by atoms with van der Waals surface area (Å²) in [6.07, 6.45) is 2.22. The van der Waals surface area contributed by atoms with Gasteiger partial charge in [0.15, 0.2) is 0 Å². The van der Waals surface area contributed by atoms with Crippen molar-refractivity contribution in [3.05, 3.63) is 69.2 Å². The van der Waals surface area contributed by atoms with Gasteiger partial charge < -0.3 is 10.2 Å². The Balaban J connectivity index is 2.26. The van der Waals surface area contributed by atoms with Crippen LogP contribution in [0.2, 0.25) is 10.0 Å². The van der Waals surface area contributed by atoms with Crippen molar-refractivity contribution in [2.75, 3.05) is 0 Å². The van der Waals surface area contributed by atoms with Crippen molar-refractivity contribution in [2.24, 2.45) is 0 Å². The Bertz CT molecular complexity index is 908. The maximum absolute atomic E-state index is 13.4. The highest BCUT2D eigenvalue weighted by Crippen LogP contribution is 2.27. The van der Waals surface area contributed by atoms with E-state index in [0.717, 1.165) is 12.0 Å². The van der Waals surface area contributed by atoms with Gasteiger partial charge in [0.05, 0.1) is 0 Å². The third-order valence-corrected chi connectivity index (χ3v) is 6.76. The first kappa shape index (κ1) is 27.2. The Morgan fingerprint density at radius 2 is 1.55 bits per heavy atom. The molecular weight excluding hydrogens is 455 g/mol. The van der Waals surface area contributed by atoms with Gasteiger partial charge >= 0.3 is 0 Å². The maximum Gasteiger partial charge on any atom is 0.243 e. The summed E-state index contributed by atoms with van der Waals surface area (Å²) in [6.45, 7) is 10.4. The summed E-state index contributed by atoms with van der Waals surface area (Å²) in [7, 11) is 0. The topological polar surface area (TPSA) is 49.4 Å². The molecule has 0 saturated heterocycles. The van der Waals surface area contributed by atoms with Crippen LogP contribution in [0.15, 0.2) is 42.5 Å². The standard InChI is InChI=1S/C27H36Cl2N2O2/c1-6-19(5)30-27(33)25(7-2)31(17-22-23(28)9-8-10-24(22)29)26(32)16-13-20-11-14-21(15-12-20)18(3)4/h8-12,14-15,18-19,25H,6-7,13,16-17H2,1-5H3,(H,30,33)/t19-,25+/m0/s1. The molecule has 0 spiro atoms. The predicted molar refractivity (Wildman–Crippen MR) is 138 cm³/mol. The lowest BCUT2D eigenvalue weighted by atomic mass is 10.00. The number of nitrogens with zero attached hydrogens (tertiary/aromatic N) is 1. The monoisotopic (exact) mass is 490 g/mol. The zero-order valence-electron chi connectivity index (χ0n) is 20.3. The Hall–Kier alpha value is -2.04. The SMILES string of the molecule is CC[C@H](C(=O)N[C@@H](C)CC)N(Cc1c(Cl)cccc1Cl)C(=O)CCc1ccc(C(C)C)cc1. The number of nitrogens with one attached hydrogen (secondary N) is 1. The molecule has 2 atom stereocenters. The van der Waals surface area contributed by atoms with Crippen LogP contribution in [-0.2, 0) is 22.6 Å². The fourth-order valence-electron chi connectivity index (χ4n) is 3.68. The Labute approximate surface area is 208 Å². The highest BCUT2D eigenvalue weighted by atomic mass is 35.5. The van der Waals surface area contributed by atoms with Crippen LogP contribution < -0.4 is 5.32 Å². The number of carbonyl (C=O) groups is 2. The van der Waals surface area contributed by atoms with Gasteiger partial charge in [-0.05, 0) is 55.4 Å². The molecule has 0 radical (unpaired) electrons. The molecular formula is C27H36Cl2N2O2. The first-order valence-corrected chi connectivity index (χ1v) is 12.5. The molecule has 0 bridgehead atoms. The summed E-state index contributed by atoms with van der Waals surface area (Å²) in [4.78, 5) is 28.1. The van der Waals surface area contributed by atoms with Crippen molar-refractivity contribution >= 4 is 35.0 Å². The van der Waals surface area contributed by atoms with Crippen molar-refractivity contribution in [1.29, 1.82) is 0 Å². The summed E-state index contributed by atoms with van der Waals surface area (Å²) in [5, 5.41) is 4.00. The van der Waals surface area contributed by atoms with E-state index in [1.165, 1.54) is 5.56 Å². The Morgan fingerprint density at radius 3 is 2.06 bits per heavy atom. The molecule has 2 rings (SSSR count). The van der Waals surface area contributed by atoms with E-state index in [2.05, 4.69) is 43.4 Å². The number of hydrogen-bond acceptors (Lipinski definition) is 2. The number of rotatable bonds is 11. The highest BCUT2D eigenvalue weighted by Gasteiger charge is 2.30. The average molecular weight is 492 g/mol. The van der Waals surface area contributed by atoms with E-state index in [9.17, 15) is 9.59 Å². The van der Waals surface area contributed by atoms with Crippen LogP contribution in [-0.4, -0.2) is 28.8 Å². The molecule has 0 aliphatic heterocycles. The van der Waals surface area contributed by atoms with Crippen LogP contribution in [0.4, 0.5) is 0 Å². The third-order valence-electron chi connectivity index (χ3n) is 6.05. The first-order chi connectivity index (χ1) is 15.7. The number of carbonyl (C=O) groups excluding carboxylic acids is 2. The van der Waals surface area contributed by atoms with Gasteiger partial charge in [-0.2, -0.15) is 0 Å². The Kier molecular flexibility index (Phi) is 10.7. The lowest BCUT2D eigenvalue weighted by molar-refractivity contribution is -0.141. The lowest BCUT2D eigenvalue weighted by Gasteiger charge is -2.32. The molecule has 6 heteroatoms. The number of benzene rings is 2. The zero-order chi connectivity index (χ0) is 24.5. The number of aryl methyl sites for hydroxylation is 1. The van der Waals surface area contributed by atoms with Crippen LogP contribution in [0.3, 0.4) is 0 Å². The molecule has 180 valence electrons. The van der Waals surface area contributed by atoms with E-state index in [1.54, 1.807) is 23.1 Å². The van der Waals surface area contributed by atoms with E-state index in [0.29, 0.717) is 40.8 Å². The summed E-state index contributed by atoms with van der Waals surface area (Å²) in [6, 6.07) is 13.1. The molecule has 1 N–H and O–H groups in total. The Morgan fingerprint density at radius 1 is 0.939 bits per heavy atom. The van der Waals surface area contributed by atoms with Crippen LogP contribution >= 0.6 is 23.2 Å². The fraction of sp³-hybridized carbons (Fsp3) is 0.481.